The molecule has 2 unspecified atom stereocenters. The van der Waals surface area contributed by atoms with Crippen LogP contribution < -0.4 is 4.74 Å². The first-order valence-corrected chi connectivity index (χ1v) is 6.74. The standard InChI is InChI=1S/C15H19NO4/c1-10-6-7-14(9-16(10)15(18)19)20-13-5-3-4-12(8-13)11(2)17/h3-5,8,10,14H,6-7,9H2,1-2H3,(H,18,19). The quantitative estimate of drug-likeness (QED) is 0.863. The van der Waals surface area contributed by atoms with Gasteiger partial charge in [0.1, 0.15) is 11.9 Å². The fraction of sp³-hybridized carbons (Fsp3) is 0.467. The van der Waals surface area contributed by atoms with Crippen LogP contribution in [0.5, 0.6) is 5.75 Å². The number of benzene rings is 1. The summed E-state index contributed by atoms with van der Waals surface area (Å²) in [6.45, 7) is 3.77. The Morgan fingerprint density at radius 2 is 2.10 bits per heavy atom. The molecule has 0 bridgehead atoms. The lowest BCUT2D eigenvalue weighted by molar-refractivity contribution is 0.0540. The van der Waals surface area contributed by atoms with E-state index in [9.17, 15) is 9.59 Å². The minimum absolute atomic E-state index is 0.0140. The first kappa shape index (κ1) is 14.4. The molecule has 1 aromatic rings. The van der Waals surface area contributed by atoms with E-state index in [2.05, 4.69) is 0 Å². The summed E-state index contributed by atoms with van der Waals surface area (Å²) in [4.78, 5) is 23.9. The number of likely N-dealkylation sites (tertiary alicyclic amines) is 1. The smallest absolute Gasteiger partial charge is 0.407 e. The van der Waals surface area contributed by atoms with Gasteiger partial charge < -0.3 is 14.7 Å². The zero-order valence-corrected chi connectivity index (χ0v) is 11.7. The Morgan fingerprint density at radius 1 is 1.35 bits per heavy atom. The Balaban J connectivity index is 2.05. The normalized spacial score (nSPS) is 22.4. The third-order valence-electron chi connectivity index (χ3n) is 3.63. The lowest BCUT2D eigenvalue weighted by atomic mass is 10.0. The molecule has 0 aliphatic carbocycles. The van der Waals surface area contributed by atoms with Crippen molar-refractivity contribution in [3.05, 3.63) is 29.8 Å². The van der Waals surface area contributed by atoms with E-state index in [0.717, 1.165) is 12.8 Å². The highest BCUT2D eigenvalue weighted by molar-refractivity contribution is 5.94. The van der Waals surface area contributed by atoms with Crippen LogP contribution in [-0.2, 0) is 0 Å². The van der Waals surface area contributed by atoms with Gasteiger partial charge in [0.25, 0.3) is 0 Å². The summed E-state index contributed by atoms with van der Waals surface area (Å²) in [5.41, 5.74) is 0.599. The fourth-order valence-electron chi connectivity index (χ4n) is 2.42. The van der Waals surface area contributed by atoms with Gasteiger partial charge >= 0.3 is 6.09 Å². The highest BCUT2D eigenvalue weighted by Crippen LogP contribution is 2.23. The van der Waals surface area contributed by atoms with Crippen LogP contribution in [0.3, 0.4) is 0 Å². The molecule has 1 amide bonds. The number of ether oxygens (including phenoxy) is 1. The molecule has 0 radical (unpaired) electrons. The van der Waals surface area contributed by atoms with Crippen molar-refractivity contribution in [3.63, 3.8) is 0 Å². The number of ketones is 1. The first-order chi connectivity index (χ1) is 9.47. The zero-order valence-electron chi connectivity index (χ0n) is 11.7. The maximum absolute atomic E-state index is 11.3. The molecule has 1 aromatic carbocycles. The van der Waals surface area contributed by atoms with Crippen LogP contribution in [0.2, 0.25) is 0 Å². The second kappa shape index (κ2) is 5.94. The molecule has 2 atom stereocenters. The SMILES string of the molecule is CC(=O)c1cccc(OC2CCC(C)N(C(=O)O)C2)c1. The average Bonchev–Trinajstić information content (AvgIpc) is 2.41. The van der Waals surface area contributed by atoms with Crippen molar-refractivity contribution in [3.8, 4) is 5.75 Å². The number of amides is 1. The van der Waals surface area contributed by atoms with Crippen molar-refractivity contribution in [1.29, 1.82) is 0 Å². The van der Waals surface area contributed by atoms with Crippen molar-refractivity contribution in [2.45, 2.75) is 38.8 Å². The highest BCUT2D eigenvalue weighted by atomic mass is 16.5. The number of hydrogen-bond donors (Lipinski definition) is 1. The number of carbonyl (C=O) groups is 2. The summed E-state index contributed by atoms with van der Waals surface area (Å²) in [7, 11) is 0. The van der Waals surface area contributed by atoms with Crippen LogP contribution in [0.4, 0.5) is 4.79 Å². The maximum Gasteiger partial charge on any atom is 0.407 e. The molecule has 1 fully saturated rings. The van der Waals surface area contributed by atoms with Crippen molar-refractivity contribution < 1.29 is 19.4 Å². The van der Waals surface area contributed by atoms with Gasteiger partial charge in [-0.2, -0.15) is 0 Å². The Labute approximate surface area is 118 Å². The van der Waals surface area contributed by atoms with E-state index in [-0.39, 0.29) is 17.9 Å². The van der Waals surface area contributed by atoms with Gasteiger partial charge in [-0.1, -0.05) is 12.1 Å². The lowest BCUT2D eigenvalue weighted by Crippen LogP contribution is -2.48. The van der Waals surface area contributed by atoms with E-state index >= 15 is 0 Å². The van der Waals surface area contributed by atoms with E-state index in [1.54, 1.807) is 24.3 Å². The van der Waals surface area contributed by atoms with Crippen molar-refractivity contribution in [1.82, 2.24) is 4.90 Å². The average molecular weight is 277 g/mol. The van der Waals surface area contributed by atoms with Gasteiger partial charge in [0.05, 0.1) is 6.54 Å². The summed E-state index contributed by atoms with van der Waals surface area (Å²) in [5.74, 6) is 0.600. The van der Waals surface area contributed by atoms with Gasteiger partial charge in [-0.3, -0.25) is 4.79 Å². The van der Waals surface area contributed by atoms with E-state index < -0.39 is 6.09 Å². The molecule has 0 spiro atoms. The molecule has 0 saturated carbocycles. The number of hydrogen-bond acceptors (Lipinski definition) is 3. The molecular formula is C15H19NO4. The molecule has 2 rings (SSSR count). The Morgan fingerprint density at radius 3 is 2.75 bits per heavy atom. The van der Waals surface area contributed by atoms with Crippen LogP contribution in [-0.4, -0.2) is 40.6 Å². The third kappa shape index (κ3) is 3.29. The molecule has 1 heterocycles. The molecular weight excluding hydrogens is 258 g/mol. The second-order valence-electron chi connectivity index (χ2n) is 5.19. The lowest BCUT2D eigenvalue weighted by Gasteiger charge is -2.36. The molecule has 5 nitrogen and oxygen atoms in total. The Bertz CT molecular complexity index is 514. The summed E-state index contributed by atoms with van der Waals surface area (Å²) >= 11 is 0. The van der Waals surface area contributed by atoms with Crippen molar-refractivity contribution >= 4 is 11.9 Å². The molecule has 1 saturated heterocycles. The van der Waals surface area contributed by atoms with Crippen molar-refractivity contribution in [2.24, 2.45) is 0 Å². The number of Topliss-reactive ketones (excluding diaryl/α,β-unsaturated/α-hetero) is 1. The van der Waals surface area contributed by atoms with Gasteiger partial charge in [-0.25, -0.2) is 4.79 Å². The van der Waals surface area contributed by atoms with E-state index in [4.69, 9.17) is 9.84 Å². The van der Waals surface area contributed by atoms with Gasteiger partial charge in [0.15, 0.2) is 5.78 Å². The zero-order chi connectivity index (χ0) is 14.7. The number of carbonyl (C=O) groups excluding carboxylic acids is 1. The maximum atomic E-state index is 11.3. The van der Waals surface area contributed by atoms with E-state index in [1.807, 2.05) is 6.92 Å². The molecule has 0 aromatic heterocycles. The summed E-state index contributed by atoms with van der Waals surface area (Å²) < 4.78 is 5.82. The predicted octanol–water partition coefficient (Wildman–Crippen LogP) is 2.80. The number of carboxylic acid groups (broad SMARTS) is 1. The molecule has 108 valence electrons. The van der Waals surface area contributed by atoms with Gasteiger partial charge in [0.2, 0.25) is 0 Å². The van der Waals surface area contributed by atoms with Gasteiger partial charge in [-0.15, -0.1) is 0 Å². The molecule has 20 heavy (non-hydrogen) atoms. The van der Waals surface area contributed by atoms with E-state index in [0.29, 0.717) is 17.9 Å². The van der Waals surface area contributed by atoms with Crippen LogP contribution in [0.15, 0.2) is 24.3 Å². The van der Waals surface area contributed by atoms with Crippen molar-refractivity contribution in [2.75, 3.05) is 6.54 Å². The topological polar surface area (TPSA) is 66.8 Å². The molecule has 5 heteroatoms. The number of nitrogens with zero attached hydrogens (tertiary/aromatic N) is 1. The first-order valence-electron chi connectivity index (χ1n) is 6.74. The molecule has 1 N–H and O–H groups in total. The molecule has 1 aliphatic heterocycles. The number of rotatable bonds is 3. The van der Waals surface area contributed by atoms with Crippen LogP contribution >= 0.6 is 0 Å². The highest BCUT2D eigenvalue weighted by Gasteiger charge is 2.29. The predicted molar refractivity (Wildman–Crippen MR) is 74.3 cm³/mol. The summed E-state index contributed by atoms with van der Waals surface area (Å²) in [5, 5.41) is 9.14. The summed E-state index contributed by atoms with van der Waals surface area (Å²) in [6, 6.07) is 7.02. The molecule has 1 aliphatic rings. The minimum atomic E-state index is -0.914. The largest absolute Gasteiger partial charge is 0.489 e. The minimum Gasteiger partial charge on any atom is -0.489 e. The second-order valence-corrected chi connectivity index (χ2v) is 5.19. The van der Waals surface area contributed by atoms with E-state index in [1.165, 1.54) is 11.8 Å². The summed E-state index contributed by atoms with van der Waals surface area (Å²) in [6.07, 6.45) is 0.520. The van der Waals surface area contributed by atoms with Gasteiger partial charge in [0, 0.05) is 11.6 Å². The van der Waals surface area contributed by atoms with Crippen LogP contribution in [0.25, 0.3) is 0 Å². The monoisotopic (exact) mass is 277 g/mol. The fourth-order valence-corrected chi connectivity index (χ4v) is 2.42. The Kier molecular flexibility index (Phi) is 4.27. The Hall–Kier alpha value is -2.04. The van der Waals surface area contributed by atoms with Crippen LogP contribution in [0.1, 0.15) is 37.0 Å². The number of piperidine rings is 1. The third-order valence-corrected chi connectivity index (χ3v) is 3.63. The van der Waals surface area contributed by atoms with Crippen LogP contribution in [0, 0.1) is 0 Å². The van der Waals surface area contributed by atoms with Gasteiger partial charge in [-0.05, 0) is 38.8 Å².